The molecule has 0 bridgehead atoms. The molecule has 7 heteroatoms. The first kappa shape index (κ1) is 15.1. The lowest BCUT2D eigenvalue weighted by Gasteiger charge is -2.07. The molecule has 0 aliphatic carbocycles. The normalized spacial score (nSPS) is 10.5. The second kappa shape index (κ2) is 6.53. The van der Waals surface area contributed by atoms with Crippen molar-refractivity contribution in [3.05, 3.63) is 69.6 Å². The average molecular weight is 328 g/mol. The predicted octanol–water partition coefficient (Wildman–Crippen LogP) is 3.03. The van der Waals surface area contributed by atoms with Gasteiger partial charge in [-0.1, -0.05) is 24.3 Å². The number of ether oxygens (including phenoxy) is 1. The van der Waals surface area contributed by atoms with E-state index in [1.54, 1.807) is 43.3 Å². The molecule has 0 N–H and O–H groups in total. The van der Waals surface area contributed by atoms with Crippen molar-refractivity contribution in [2.24, 2.45) is 0 Å². The third-order valence-electron chi connectivity index (χ3n) is 3.03. The van der Waals surface area contributed by atoms with Gasteiger partial charge in [-0.25, -0.2) is 4.79 Å². The molecule has 0 unspecified atom stereocenters. The Kier molecular flexibility index (Phi) is 4.29. The van der Waals surface area contributed by atoms with Crippen molar-refractivity contribution in [1.82, 2.24) is 10.2 Å². The molecule has 0 saturated heterocycles. The van der Waals surface area contributed by atoms with E-state index in [1.807, 2.05) is 5.38 Å². The molecule has 0 radical (unpaired) electrons. The lowest BCUT2D eigenvalue weighted by molar-refractivity contribution is 0.0434. The second-order valence-electron chi connectivity index (χ2n) is 4.64. The van der Waals surface area contributed by atoms with Crippen molar-refractivity contribution in [1.29, 1.82) is 0 Å². The van der Waals surface area contributed by atoms with Gasteiger partial charge < -0.3 is 9.15 Å². The molecule has 2 heterocycles. The van der Waals surface area contributed by atoms with Gasteiger partial charge in [-0.3, -0.25) is 4.79 Å². The van der Waals surface area contributed by atoms with E-state index in [0.29, 0.717) is 16.3 Å². The summed E-state index contributed by atoms with van der Waals surface area (Å²) >= 11 is 1.32. The van der Waals surface area contributed by atoms with Crippen LogP contribution in [0.4, 0.5) is 0 Å². The number of thiophene rings is 1. The van der Waals surface area contributed by atoms with Gasteiger partial charge in [0.2, 0.25) is 11.7 Å². The molecule has 3 rings (SSSR count). The van der Waals surface area contributed by atoms with E-state index < -0.39 is 5.97 Å². The number of hydrogen-bond acceptors (Lipinski definition) is 7. The monoisotopic (exact) mass is 328 g/mol. The van der Waals surface area contributed by atoms with Gasteiger partial charge in [0.05, 0.1) is 10.4 Å². The Morgan fingerprint density at radius 1 is 1.13 bits per heavy atom. The minimum absolute atomic E-state index is 0.138. The molecule has 0 aliphatic heterocycles. The van der Waals surface area contributed by atoms with Gasteiger partial charge in [0, 0.05) is 12.5 Å². The number of ketones is 1. The molecule has 116 valence electrons. The van der Waals surface area contributed by atoms with E-state index in [4.69, 9.17) is 9.15 Å². The Balaban J connectivity index is 1.79. The highest BCUT2D eigenvalue weighted by molar-refractivity contribution is 7.12. The van der Waals surface area contributed by atoms with E-state index in [2.05, 4.69) is 10.2 Å². The standard InChI is InChI=1S/C16H12N2O4S/c1-10-17-18-14(22-10)9-21-16(20)12-6-3-2-5-11(12)15(19)13-7-4-8-23-13/h2-8H,9H2,1H3. The first-order valence-corrected chi connectivity index (χ1v) is 7.66. The number of benzene rings is 1. The summed E-state index contributed by atoms with van der Waals surface area (Å²) in [6.45, 7) is 1.51. The van der Waals surface area contributed by atoms with Crippen LogP contribution in [0.25, 0.3) is 0 Å². The van der Waals surface area contributed by atoms with Crippen LogP contribution in [-0.2, 0) is 11.3 Å². The average Bonchev–Trinajstić information content (AvgIpc) is 3.23. The highest BCUT2D eigenvalue weighted by atomic mass is 32.1. The van der Waals surface area contributed by atoms with Gasteiger partial charge in [0.25, 0.3) is 5.89 Å². The van der Waals surface area contributed by atoms with E-state index in [-0.39, 0.29) is 23.8 Å². The largest absolute Gasteiger partial charge is 0.452 e. The minimum Gasteiger partial charge on any atom is -0.452 e. The number of nitrogens with zero attached hydrogens (tertiary/aromatic N) is 2. The summed E-state index contributed by atoms with van der Waals surface area (Å²) in [5.74, 6) is -0.218. The molecule has 3 aromatic rings. The van der Waals surface area contributed by atoms with Crippen LogP contribution in [0.2, 0.25) is 0 Å². The molecule has 23 heavy (non-hydrogen) atoms. The third kappa shape index (κ3) is 3.35. The van der Waals surface area contributed by atoms with E-state index >= 15 is 0 Å². The Bertz CT molecular complexity index is 839. The van der Waals surface area contributed by atoms with Crippen LogP contribution in [0.5, 0.6) is 0 Å². The topological polar surface area (TPSA) is 82.3 Å². The number of aryl methyl sites for hydroxylation is 1. The second-order valence-corrected chi connectivity index (χ2v) is 5.59. The van der Waals surface area contributed by atoms with Gasteiger partial charge in [0.1, 0.15) is 0 Å². The zero-order valence-electron chi connectivity index (χ0n) is 12.2. The number of hydrogen-bond donors (Lipinski definition) is 0. The molecule has 0 saturated carbocycles. The summed E-state index contributed by atoms with van der Waals surface area (Å²) in [6, 6.07) is 10.1. The number of carbonyl (C=O) groups excluding carboxylic acids is 2. The van der Waals surface area contributed by atoms with Crippen LogP contribution in [0, 0.1) is 6.92 Å². The van der Waals surface area contributed by atoms with Crippen molar-refractivity contribution in [2.45, 2.75) is 13.5 Å². The van der Waals surface area contributed by atoms with Gasteiger partial charge >= 0.3 is 5.97 Å². The zero-order chi connectivity index (χ0) is 16.2. The van der Waals surface area contributed by atoms with E-state index in [0.717, 1.165) is 0 Å². The van der Waals surface area contributed by atoms with Crippen LogP contribution >= 0.6 is 11.3 Å². The SMILES string of the molecule is Cc1nnc(COC(=O)c2ccccc2C(=O)c2cccs2)o1. The lowest BCUT2D eigenvalue weighted by atomic mass is 10.0. The summed E-state index contributed by atoms with van der Waals surface area (Å²) in [5, 5.41) is 9.22. The third-order valence-corrected chi connectivity index (χ3v) is 3.90. The fourth-order valence-corrected chi connectivity index (χ4v) is 2.68. The Labute approximate surface area is 135 Å². The minimum atomic E-state index is -0.610. The first-order valence-electron chi connectivity index (χ1n) is 6.78. The van der Waals surface area contributed by atoms with Crippen LogP contribution in [0.1, 0.15) is 37.4 Å². The van der Waals surface area contributed by atoms with Gasteiger partial charge in [-0.2, -0.15) is 0 Å². The lowest BCUT2D eigenvalue weighted by Crippen LogP contribution is -2.12. The Morgan fingerprint density at radius 3 is 2.57 bits per heavy atom. The van der Waals surface area contributed by atoms with Crippen LogP contribution in [-0.4, -0.2) is 21.9 Å². The number of rotatable bonds is 5. The van der Waals surface area contributed by atoms with Crippen molar-refractivity contribution in [3.8, 4) is 0 Å². The summed E-state index contributed by atoms with van der Waals surface area (Å²) < 4.78 is 10.3. The van der Waals surface area contributed by atoms with Crippen molar-refractivity contribution < 1.29 is 18.7 Å². The summed E-state index contributed by atoms with van der Waals surface area (Å²) in [4.78, 5) is 25.3. The van der Waals surface area contributed by atoms with Crippen LogP contribution in [0.15, 0.2) is 46.2 Å². The summed E-state index contributed by atoms with van der Waals surface area (Å²) in [6.07, 6.45) is 0. The smallest absolute Gasteiger partial charge is 0.339 e. The van der Waals surface area contributed by atoms with E-state index in [1.165, 1.54) is 11.3 Å². The number of carbonyl (C=O) groups is 2. The molecule has 0 fully saturated rings. The highest BCUT2D eigenvalue weighted by Gasteiger charge is 2.20. The Hall–Kier alpha value is -2.80. The zero-order valence-corrected chi connectivity index (χ0v) is 13.0. The van der Waals surface area contributed by atoms with Crippen molar-refractivity contribution >= 4 is 23.1 Å². The van der Waals surface area contributed by atoms with E-state index in [9.17, 15) is 9.59 Å². The molecule has 1 aromatic carbocycles. The number of esters is 1. The maximum absolute atomic E-state index is 12.5. The maximum Gasteiger partial charge on any atom is 0.339 e. The molecule has 0 atom stereocenters. The molecule has 2 aromatic heterocycles. The maximum atomic E-state index is 12.5. The number of aromatic nitrogens is 2. The molecule has 0 amide bonds. The van der Waals surface area contributed by atoms with Crippen molar-refractivity contribution in [3.63, 3.8) is 0 Å². The summed E-state index contributed by atoms with van der Waals surface area (Å²) in [5.41, 5.74) is 0.517. The van der Waals surface area contributed by atoms with Gasteiger partial charge in [0.15, 0.2) is 6.61 Å². The van der Waals surface area contributed by atoms with Crippen molar-refractivity contribution in [2.75, 3.05) is 0 Å². The molecular weight excluding hydrogens is 316 g/mol. The molecule has 0 aliphatic rings. The van der Waals surface area contributed by atoms with Crippen LogP contribution in [0.3, 0.4) is 0 Å². The first-order chi connectivity index (χ1) is 11.1. The van der Waals surface area contributed by atoms with Gasteiger partial charge in [-0.05, 0) is 17.5 Å². The Morgan fingerprint density at radius 2 is 1.91 bits per heavy atom. The molecule has 6 nitrogen and oxygen atoms in total. The summed E-state index contributed by atoms with van der Waals surface area (Å²) in [7, 11) is 0. The predicted molar refractivity (Wildman–Crippen MR) is 82.3 cm³/mol. The van der Waals surface area contributed by atoms with Crippen LogP contribution < -0.4 is 0 Å². The fraction of sp³-hybridized carbons (Fsp3) is 0.125. The molecule has 0 spiro atoms. The fourth-order valence-electron chi connectivity index (χ4n) is 2.00. The highest BCUT2D eigenvalue weighted by Crippen LogP contribution is 2.19. The quantitative estimate of drug-likeness (QED) is 0.529. The van der Waals surface area contributed by atoms with Gasteiger partial charge in [-0.15, -0.1) is 21.5 Å². The molecular formula is C16H12N2O4S.